The topological polar surface area (TPSA) is 12.0 Å². The van der Waals surface area contributed by atoms with Gasteiger partial charge in [0.1, 0.15) is 5.82 Å². The summed E-state index contributed by atoms with van der Waals surface area (Å²) in [5, 5.41) is 3.60. The summed E-state index contributed by atoms with van der Waals surface area (Å²) in [5.41, 5.74) is 2.70. The second-order valence-electron chi connectivity index (χ2n) is 5.44. The Morgan fingerprint density at radius 1 is 1.24 bits per heavy atom. The Bertz CT molecular complexity index is 377. The number of benzene rings is 1. The lowest BCUT2D eigenvalue weighted by Crippen LogP contribution is -2.30. The second kappa shape index (κ2) is 5.18. The van der Waals surface area contributed by atoms with Gasteiger partial charge in [0.15, 0.2) is 0 Å². The van der Waals surface area contributed by atoms with Crippen molar-refractivity contribution < 1.29 is 4.39 Å². The zero-order chi connectivity index (χ0) is 12.4. The molecule has 1 aromatic carbocycles. The molecule has 1 N–H and O–H groups in total. The van der Waals surface area contributed by atoms with Crippen molar-refractivity contribution in [2.75, 3.05) is 0 Å². The molecule has 0 saturated heterocycles. The Labute approximate surface area is 103 Å². The molecule has 0 radical (unpaired) electrons. The molecular formula is C15H22FN. The minimum Gasteiger partial charge on any atom is -0.310 e. The highest BCUT2D eigenvalue weighted by atomic mass is 19.1. The molecule has 2 unspecified atom stereocenters. The molecule has 1 saturated carbocycles. The number of rotatable bonds is 3. The maximum Gasteiger partial charge on any atom is 0.129 e. The fourth-order valence-corrected chi connectivity index (χ4v) is 2.84. The lowest BCUT2D eigenvalue weighted by Gasteiger charge is -2.17. The van der Waals surface area contributed by atoms with Crippen molar-refractivity contribution in [2.24, 2.45) is 5.92 Å². The third-order valence-electron chi connectivity index (χ3n) is 3.93. The number of hydrogen-bond acceptors (Lipinski definition) is 1. The van der Waals surface area contributed by atoms with Crippen molar-refractivity contribution in [3.63, 3.8) is 0 Å². The number of nitrogens with one attached hydrogen (secondary N) is 1. The number of hydrogen-bond donors (Lipinski definition) is 1. The van der Waals surface area contributed by atoms with E-state index in [1.54, 1.807) is 0 Å². The summed E-state index contributed by atoms with van der Waals surface area (Å²) in [6, 6.07) is 4.55. The normalized spacial score (nSPS) is 24.2. The fourth-order valence-electron chi connectivity index (χ4n) is 2.84. The zero-order valence-corrected chi connectivity index (χ0v) is 11.0. The maximum absolute atomic E-state index is 13.5. The van der Waals surface area contributed by atoms with E-state index in [1.165, 1.54) is 24.8 Å². The van der Waals surface area contributed by atoms with Crippen molar-refractivity contribution in [2.45, 2.75) is 52.6 Å². The van der Waals surface area contributed by atoms with Gasteiger partial charge >= 0.3 is 0 Å². The van der Waals surface area contributed by atoms with Gasteiger partial charge in [-0.2, -0.15) is 0 Å². The summed E-state index contributed by atoms with van der Waals surface area (Å²) in [6.45, 7) is 6.84. The van der Waals surface area contributed by atoms with Crippen LogP contribution in [0.5, 0.6) is 0 Å². The highest BCUT2D eigenvalue weighted by Gasteiger charge is 2.22. The highest BCUT2D eigenvalue weighted by Crippen LogP contribution is 2.25. The first-order valence-electron chi connectivity index (χ1n) is 6.57. The van der Waals surface area contributed by atoms with Crippen LogP contribution in [0, 0.1) is 25.6 Å². The Kier molecular flexibility index (Phi) is 3.82. The first-order valence-corrected chi connectivity index (χ1v) is 6.57. The monoisotopic (exact) mass is 235 g/mol. The minimum absolute atomic E-state index is 0.0667. The Morgan fingerprint density at radius 3 is 2.41 bits per heavy atom. The Morgan fingerprint density at radius 2 is 1.88 bits per heavy atom. The molecule has 0 heterocycles. The molecule has 0 aromatic heterocycles. The third-order valence-corrected chi connectivity index (χ3v) is 3.93. The molecule has 1 nitrogen and oxygen atoms in total. The van der Waals surface area contributed by atoms with Gasteiger partial charge in [-0.15, -0.1) is 0 Å². The van der Waals surface area contributed by atoms with Crippen LogP contribution in [0.3, 0.4) is 0 Å². The SMILES string of the molecule is Cc1cc(CNC2CCCC2C)cc(C)c1F. The lowest BCUT2D eigenvalue weighted by molar-refractivity contribution is 0.426. The van der Waals surface area contributed by atoms with Gasteiger partial charge in [0.25, 0.3) is 0 Å². The highest BCUT2D eigenvalue weighted by molar-refractivity contribution is 5.30. The molecule has 94 valence electrons. The molecule has 1 aliphatic carbocycles. The van der Waals surface area contributed by atoms with E-state index in [-0.39, 0.29) is 5.82 Å². The van der Waals surface area contributed by atoms with Crippen LogP contribution in [-0.4, -0.2) is 6.04 Å². The first-order chi connectivity index (χ1) is 8.08. The lowest BCUT2D eigenvalue weighted by atomic mass is 10.0. The van der Waals surface area contributed by atoms with Gasteiger partial charge in [-0.25, -0.2) is 4.39 Å². The van der Waals surface area contributed by atoms with Crippen molar-refractivity contribution in [1.29, 1.82) is 0 Å². The third kappa shape index (κ3) is 2.86. The van der Waals surface area contributed by atoms with Crippen LogP contribution in [0.25, 0.3) is 0 Å². The van der Waals surface area contributed by atoms with E-state index in [0.29, 0.717) is 6.04 Å². The number of halogens is 1. The maximum atomic E-state index is 13.5. The zero-order valence-electron chi connectivity index (χ0n) is 11.0. The molecule has 0 bridgehead atoms. The molecule has 2 rings (SSSR count). The average Bonchev–Trinajstić information content (AvgIpc) is 2.69. The predicted octanol–water partition coefficient (Wildman–Crippen LogP) is 3.72. The summed E-state index contributed by atoms with van der Waals surface area (Å²) in [7, 11) is 0. The van der Waals surface area contributed by atoms with E-state index in [2.05, 4.69) is 12.2 Å². The van der Waals surface area contributed by atoms with Crippen molar-refractivity contribution in [1.82, 2.24) is 5.32 Å². The predicted molar refractivity (Wildman–Crippen MR) is 69.5 cm³/mol. The summed E-state index contributed by atoms with van der Waals surface area (Å²) in [6.07, 6.45) is 3.94. The van der Waals surface area contributed by atoms with Crippen LogP contribution in [0.4, 0.5) is 4.39 Å². The second-order valence-corrected chi connectivity index (χ2v) is 5.44. The van der Waals surface area contributed by atoms with Crippen LogP contribution < -0.4 is 5.32 Å². The van der Waals surface area contributed by atoms with Gasteiger partial charge in [0, 0.05) is 12.6 Å². The van der Waals surface area contributed by atoms with Crippen LogP contribution in [0.15, 0.2) is 12.1 Å². The Balaban J connectivity index is 1.99. The van der Waals surface area contributed by atoms with Gasteiger partial charge in [-0.05, 0) is 49.3 Å². The molecule has 2 atom stereocenters. The van der Waals surface area contributed by atoms with Gasteiger partial charge < -0.3 is 5.32 Å². The molecule has 1 aromatic rings. The van der Waals surface area contributed by atoms with Crippen LogP contribution in [-0.2, 0) is 6.54 Å². The molecule has 17 heavy (non-hydrogen) atoms. The largest absolute Gasteiger partial charge is 0.310 e. The average molecular weight is 235 g/mol. The van der Waals surface area contributed by atoms with Crippen molar-refractivity contribution >= 4 is 0 Å². The van der Waals surface area contributed by atoms with Gasteiger partial charge in [0.05, 0.1) is 0 Å². The molecule has 0 spiro atoms. The summed E-state index contributed by atoms with van der Waals surface area (Å²) in [5.74, 6) is 0.709. The molecule has 1 aliphatic rings. The van der Waals surface area contributed by atoms with Gasteiger partial charge in [-0.3, -0.25) is 0 Å². The van der Waals surface area contributed by atoms with E-state index in [9.17, 15) is 4.39 Å². The smallest absolute Gasteiger partial charge is 0.129 e. The van der Waals surface area contributed by atoms with Crippen LogP contribution >= 0.6 is 0 Å². The van der Waals surface area contributed by atoms with E-state index < -0.39 is 0 Å². The molecule has 0 aliphatic heterocycles. The van der Waals surface area contributed by atoms with Crippen LogP contribution in [0.2, 0.25) is 0 Å². The van der Waals surface area contributed by atoms with Crippen molar-refractivity contribution in [3.05, 3.63) is 34.6 Å². The summed E-state index contributed by atoms with van der Waals surface area (Å²) < 4.78 is 13.5. The Hall–Kier alpha value is -0.890. The minimum atomic E-state index is -0.0667. The molecule has 2 heteroatoms. The van der Waals surface area contributed by atoms with Gasteiger partial charge in [0.2, 0.25) is 0 Å². The molecule has 0 amide bonds. The molecule has 1 fully saturated rings. The fraction of sp³-hybridized carbons (Fsp3) is 0.600. The molecular weight excluding hydrogens is 213 g/mol. The first kappa shape index (κ1) is 12.6. The van der Waals surface area contributed by atoms with Gasteiger partial charge in [-0.1, -0.05) is 25.5 Å². The van der Waals surface area contributed by atoms with E-state index in [1.807, 2.05) is 26.0 Å². The van der Waals surface area contributed by atoms with Crippen molar-refractivity contribution in [3.8, 4) is 0 Å². The number of aryl methyl sites for hydroxylation is 2. The summed E-state index contributed by atoms with van der Waals surface area (Å²) in [4.78, 5) is 0. The standard InChI is InChI=1S/C15H22FN/c1-10-5-4-6-14(10)17-9-13-7-11(2)15(16)12(3)8-13/h7-8,10,14,17H,4-6,9H2,1-3H3. The van der Waals surface area contributed by atoms with E-state index in [4.69, 9.17) is 0 Å². The van der Waals surface area contributed by atoms with Crippen LogP contribution in [0.1, 0.15) is 42.9 Å². The van der Waals surface area contributed by atoms with E-state index in [0.717, 1.165) is 23.6 Å². The summed E-state index contributed by atoms with van der Waals surface area (Å²) >= 11 is 0. The van der Waals surface area contributed by atoms with E-state index >= 15 is 0 Å². The quantitative estimate of drug-likeness (QED) is 0.842.